The third-order valence-electron chi connectivity index (χ3n) is 5.43. The molecule has 30 heavy (non-hydrogen) atoms. The third-order valence-corrected chi connectivity index (χ3v) is 6.45. The Morgan fingerprint density at radius 2 is 2.03 bits per heavy atom. The zero-order valence-corrected chi connectivity index (χ0v) is 18.0. The summed E-state index contributed by atoms with van der Waals surface area (Å²) in [5, 5.41) is 7.16. The predicted octanol–water partition coefficient (Wildman–Crippen LogP) is 1.48. The van der Waals surface area contributed by atoms with Crippen LogP contribution in [0.3, 0.4) is 0 Å². The normalized spacial score (nSPS) is 17.0. The second kappa shape index (κ2) is 9.76. The standard InChI is InChI=1S/C20H27N5O4S/c1-14-12-17(23-29-14)21-18(26)13-30-19-15-4-2-3-5-16(15)25(20(27)22-19)7-6-24-8-10-28-11-9-24/h12H,2-11,13H2,1H3,(H,21,23,26). The molecule has 0 unspecified atom stereocenters. The van der Waals surface area contributed by atoms with Crippen molar-refractivity contribution < 1.29 is 14.1 Å². The average Bonchev–Trinajstić information content (AvgIpc) is 3.16. The first-order valence-electron chi connectivity index (χ1n) is 10.4. The van der Waals surface area contributed by atoms with E-state index in [4.69, 9.17) is 9.26 Å². The van der Waals surface area contributed by atoms with Crippen molar-refractivity contribution in [2.75, 3.05) is 43.9 Å². The summed E-state index contributed by atoms with van der Waals surface area (Å²) in [6.45, 7) is 6.53. The lowest BCUT2D eigenvalue weighted by atomic mass is 9.97. The number of amides is 1. The van der Waals surface area contributed by atoms with Crippen molar-refractivity contribution in [2.24, 2.45) is 0 Å². The number of rotatable bonds is 7. The topological polar surface area (TPSA) is 102 Å². The second-order valence-corrected chi connectivity index (χ2v) is 8.56. The van der Waals surface area contributed by atoms with Gasteiger partial charge in [-0.25, -0.2) is 4.79 Å². The molecule has 10 heteroatoms. The van der Waals surface area contributed by atoms with E-state index in [2.05, 4.69) is 20.4 Å². The summed E-state index contributed by atoms with van der Waals surface area (Å²) in [6.07, 6.45) is 3.93. The number of fused-ring (bicyclic) bond motifs is 1. The van der Waals surface area contributed by atoms with Crippen molar-refractivity contribution >= 4 is 23.5 Å². The number of carbonyl (C=O) groups is 1. The molecule has 4 rings (SSSR count). The van der Waals surface area contributed by atoms with Gasteiger partial charge in [0.1, 0.15) is 10.8 Å². The number of ether oxygens (including phenoxy) is 1. The highest BCUT2D eigenvalue weighted by Crippen LogP contribution is 2.28. The van der Waals surface area contributed by atoms with E-state index in [0.29, 0.717) is 23.1 Å². The summed E-state index contributed by atoms with van der Waals surface area (Å²) < 4.78 is 12.2. The predicted molar refractivity (Wildman–Crippen MR) is 113 cm³/mol. The van der Waals surface area contributed by atoms with E-state index in [1.165, 1.54) is 11.8 Å². The lowest BCUT2D eigenvalue weighted by Gasteiger charge is -2.28. The molecule has 0 saturated carbocycles. The lowest BCUT2D eigenvalue weighted by Crippen LogP contribution is -2.40. The highest BCUT2D eigenvalue weighted by Gasteiger charge is 2.22. The fourth-order valence-corrected chi connectivity index (χ4v) is 4.78. The maximum absolute atomic E-state index is 12.8. The van der Waals surface area contributed by atoms with Crippen molar-refractivity contribution in [1.82, 2.24) is 19.6 Å². The zero-order valence-electron chi connectivity index (χ0n) is 17.2. The molecule has 2 aromatic heterocycles. The number of nitrogens with zero attached hydrogens (tertiary/aromatic N) is 4. The molecule has 2 aliphatic rings. The Hall–Kier alpha value is -2.17. The Labute approximate surface area is 179 Å². The van der Waals surface area contributed by atoms with E-state index in [9.17, 15) is 9.59 Å². The van der Waals surface area contributed by atoms with E-state index < -0.39 is 0 Å². The van der Waals surface area contributed by atoms with Crippen LogP contribution in [0, 0.1) is 6.92 Å². The Balaban J connectivity index is 1.45. The third kappa shape index (κ3) is 5.11. The Morgan fingerprint density at radius 3 is 2.80 bits per heavy atom. The molecule has 1 amide bonds. The number of aryl methyl sites for hydroxylation is 1. The smallest absolute Gasteiger partial charge is 0.348 e. The van der Waals surface area contributed by atoms with Crippen molar-refractivity contribution in [2.45, 2.75) is 44.2 Å². The van der Waals surface area contributed by atoms with E-state index in [0.717, 1.165) is 69.8 Å². The molecule has 162 valence electrons. The zero-order chi connectivity index (χ0) is 20.9. The van der Waals surface area contributed by atoms with Crippen LogP contribution < -0.4 is 11.0 Å². The number of carbonyl (C=O) groups excluding carboxylic acids is 1. The van der Waals surface area contributed by atoms with Crippen LogP contribution in [-0.2, 0) is 28.9 Å². The minimum Gasteiger partial charge on any atom is -0.379 e. The van der Waals surface area contributed by atoms with Crippen LogP contribution in [0.25, 0.3) is 0 Å². The summed E-state index contributed by atoms with van der Waals surface area (Å²) in [5.74, 6) is 1.000. The largest absolute Gasteiger partial charge is 0.379 e. The van der Waals surface area contributed by atoms with Crippen LogP contribution in [0.5, 0.6) is 0 Å². The lowest BCUT2D eigenvalue weighted by molar-refractivity contribution is -0.113. The molecule has 1 N–H and O–H groups in total. The minimum absolute atomic E-state index is 0.169. The van der Waals surface area contributed by atoms with Gasteiger partial charge in [0, 0.05) is 43.5 Å². The van der Waals surface area contributed by atoms with Crippen LogP contribution in [0.2, 0.25) is 0 Å². The van der Waals surface area contributed by atoms with Crippen LogP contribution in [0.15, 0.2) is 20.4 Å². The molecule has 1 fully saturated rings. The quantitative estimate of drug-likeness (QED) is 0.517. The Kier molecular flexibility index (Phi) is 6.86. The molecule has 0 spiro atoms. The summed E-state index contributed by atoms with van der Waals surface area (Å²) >= 11 is 1.32. The SMILES string of the molecule is Cc1cc(NC(=O)CSc2nc(=O)n(CCN3CCOCC3)c3c2CCCC3)no1. The van der Waals surface area contributed by atoms with E-state index in [1.54, 1.807) is 13.0 Å². The van der Waals surface area contributed by atoms with Gasteiger partial charge in [-0.3, -0.25) is 14.3 Å². The summed E-state index contributed by atoms with van der Waals surface area (Å²) in [6, 6.07) is 1.67. The van der Waals surface area contributed by atoms with Crippen LogP contribution >= 0.6 is 11.8 Å². The second-order valence-electron chi connectivity index (χ2n) is 7.60. The first kappa shape index (κ1) is 21.1. The highest BCUT2D eigenvalue weighted by molar-refractivity contribution is 8.00. The van der Waals surface area contributed by atoms with Gasteiger partial charge in [-0.1, -0.05) is 16.9 Å². The minimum atomic E-state index is -0.223. The first-order chi connectivity index (χ1) is 14.6. The number of hydrogen-bond donors (Lipinski definition) is 1. The Morgan fingerprint density at radius 1 is 1.23 bits per heavy atom. The van der Waals surface area contributed by atoms with Gasteiger partial charge in [-0.2, -0.15) is 4.98 Å². The average molecular weight is 434 g/mol. The first-order valence-corrected chi connectivity index (χ1v) is 11.4. The molecule has 0 bridgehead atoms. The molecular weight excluding hydrogens is 406 g/mol. The van der Waals surface area contributed by atoms with E-state index in [-0.39, 0.29) is 17.3 Å². The maximum atomic E-state index is 12.8. The van der Waals surface area contributed by atoms with Gasteiger partial charge in [0.25, 0.3) is 0 Å². The fraction of sp³-hybridized carbons (Fsp3) is 0.600. The molecule has 1 aliphatic heterocycles. The van der Waals surface area contributed by atoms with E-state index in [1.807, 2.05) is 4.57 Å². The van der Waals surface area contributed by atoms with E-state index >= 15 is 0 Å². The van der Waals surface area contributed by atoms with Gasteiger partial charge in [0.15, 0.2) is 5.82 Å². The fourth-order valence-electron chi connectivity index (χ4n) is 3.90. The monoisotopic (exact) mass is 433 g/mol. The van der Waals surface area contributed by atoms with Crippen LogP contribution in [-0.4, -0.2) is 64.1 Å². The van der Waals surface area contributed by atoms with Gasteiger partial charge in [0.2, 0.25) is 5.91 Å². The van der Waals surface area contributed by atoms with Crippen molar-refractivity contribution in [3.8, 4) is 0 Å². The van der Waals surface area contributed by atoms with Gasteiger partial charge in [0.05, 0.1) is 19.0 Å². The number of anilines is 1. The van der Waals surface area contributed by atoms with Crippen LogP contribution in [0.1, 0.15) is 29.9 Å². The molecule has 0 radical (unpaired) electrons. The number of aromatic nitrogens is 3. The van der Waals surface area contributed by atoms with Gasteiger partial charge < -0.3 is 14.6 Å². The number of thioether (sulfide) groups is 1. The summed E-state index contributed by atoms with van der Waals surface area (Å²) in [4.78, 5) is 31.7. The summed E-state index contributed by atoms with van der Waals surface area (Å²) in [5.41, 5.74) is 1.99. The maximum Gasteiger partial charge on any atom is 0.348 e. The molecular formula is C20H27N5O4S. The molecule has 0 aromatic carbocycles. The van der Waals surface area contributed by atoms with Crippen molar-refractivity contribution in [3.05, 3.63) is 33.6 Å². The number of hydrogen-bond acceptors (Lipinski definition) is 8. The number of nitrogens with one attached hydrogen (secondary N) is 1. The molecule has 0 atom stereocenters. The van der Waals surface area contributed by atoms with Gasteiger partial charge >= 0.3 is 5.69 Å². The molecule has 3 heterocycles. The molecule has 2 aromatic rings. The molecule has 1 aliphatic carbocycles. The van der Waals surface area contributed by atoms with Crippen molar-refractivity contribution in [1.29, 1.82) is 0 Å². The van der Waals surface area contributed by atoms with Crippen molar-refractivity contribution in [3.63, 3.8) is 0 Å². The highest BCUT2D eigenvalue weighted by atomic mass is 32.2. The van der Waals surface area contributed by atoms with Gasteiger partial charge in [-0.05, 0) is 32.6 Å². The molecule has 9 nitrogen and oxygen atoms in total. The van der Waals surface area contributed by atoms with Gasteiger partial charge in [-0.15, -0.1) is 0 Å². The van der Waals surface area contributed by atoms with Crippen LogP contribution in [0.4, 0.5) is 5.82 Å². The Bertz CT molecular complexity index is 951. The molecule has 1 saturated heterocycles. The summed E-state index contributed by atoms with van der Waals surface area (Å²) in [7, 11) is 0. The number of morpholine rings is 1.